The van der Waals surface area contributed by atoms with E-state index in [0.29, 0.717) is 21.9 Å². The summed E-state index contributed by atoms with van der Waals surface area (Å²) in [5, 5.41) is 0.501. The number of Topliss-reactive ketones (excluding diaryl/α,β-unsaturated/α-hetero) is 1. The maximum atomic E-state index is 12.6. The van der Waals surface area contributed by atoms with Crippen LogP contribution in [0, 0.1) is 0 Å². The van der Waals surface area contributed by atoms with Gasteiger partial charge in [-0.15, -0.1) is 0 Å². The molecule has 8 heteroatoms. The van der Waals surface area contributed by atoms with E-state index in [-0.39, 0.29) is 11.5 Å². The number of rotatable bonds is 5. The van der Waals surface area contributed by atoms with Gasteiger partial charge >= 0.3 is 5.69 Å². The van der Waals surface area contributed by atoms with Gasteiger partial charge < -0.3 is 4.57 Å². The molecular weight excluding hydrogens is 388 g/mol. The van der Waals surface area contributed by atoms with Crippen molar-refractivity contribution >= 4 is 28.7 Å². The normalized spacial score (nSPS) is 11.1. The van der Waals surface area contributed by atoms with Gasteiger partial charge in [0, 0.05) is 19.7 Å². The molecule has 0 saturated heterocycles. The summed E-state index contributed by atoms with van der Waals surface area (Å²) in [5.74, 6) is 0.137. The van der Waals surface area contributed by atoms with E-state index in [9.17, 15) is 14.4 Å². The average molecular weight is 406 g/mol. The van der Waals surface area contributed by atoms with Crippen molar-refractivity contribution in [2.24, 2.45) is 14.1 Å². The quantitative estimate of drug-likeness (QED) is 0.406. The van der Waals surface area contributed by atoms with Crippen molar-refractivity contribution in [3.05, 3.63) is 81.0 Å². The van der Waals surface area contributed by atoms with Gasteiger partial charge in [-0.2, -0.15) is 0 Å². The zero-order valence-corrected chi connectivity index (χ0v) is 16.7. The number of fused-ring (bicyclic) bond motifs is 1. The minimum absolute atomic E-state index is 0.0375. The van der Waals surface area contributed by atoms with Crippen molar-refractivity contribution in [3.63, 3.8) is 0 Å². The van der Waals surface area contributed by atoms with Crippen LogP contribution < -0.4 is 11.2 Å². The van der Waals surface area contributed by atoms with E-state index < -0.39 is 11.2 Å². The molecule has 0 aliphatic heterocycles. The topological polar surface area (TPSA) is 89.8 Å². The van der Waals surface area contributed by atoms with Gasteiger partial charge in [0.15, 0.2) is 22.1 Å². The fourth-order valence-corrected chi connectivity index (χ4v) is 3.97. The SMILES string of the molecule is Cn1c(SCC(=O)c2ccc(-c3ccccc3)cc2)nc2c1c(=O)[nH]c(=O)n2C. The first-order valence-electron chi connectivity index (χ1n) is 8.93. The second-order valence-corrected chi connectivity index (χ2v) is 7.54. The molecule has 4 aromatic rings. The third-order valence-electron chi connectivity index (χ3n) is 4.74. The molecule has 2 aromatic heterocycles. The largest absolute Gasteiger partial charge is 0.329 e. The Hall–Kier alpha value is -3.39. The molecular formula is C21H18N4O3S. The van der Waals surface area contributed by atoms with Crippen molar-refractivity contribution in [2.75, 3.05) is 5.75 Å². The summed E-state index contributed by atoms with van der Waals surface area (Å²) in [7, 11) is 3.23. The number of H-pyrrole nitrogens is 1. The Morgan fingerprint density at radius 1 is 0.966 bits per heavy atom. The molecule has 0 aliphatic rings. The number of imidazole rings is 1. The van der Waals surface area contributed by atoms with Crippen molar-refractivity contribution in [1.82, 2.24) is 19.1 Å². The number of aromatic amines is 1. The number of carbonyl (C=O) groups is 1. The number of nitrogens with zero attached hydrogens (tertiary/aromatic N) is 3. The summed E-state index contributed by atoms with van der Waals surface area (Å²) in [6.45, 7) is 0. The van der Waals surface area contributed by atoms with Crippen molar-refractivity contribution in [3.8, 4) is 11.1 Å². The van der Waals surface area contributed by atoms with E-state index >= 15 is 0 Å². The first-order valence-corrected chi connectivity index (χ1v) is 9.91. The molecule has 29 heavy (non-hydrogen) atoms. The van der Waals surface area contributed by atoms with E-state index in [1.807, 2.05) is 54.6 Å². The fourth-order valence-electron chi connectivity index (χ4n) is 3.11. The predicted molar refractivity (Wildman–Crippen MR) is 114 cm³/mol. The lowest BCUT2D eigenvalue weighted by molar-refractivity contribution is 0.102. The highest BCUT2D eigenvalue weighted by Crippen LogP contribution is 2.23. The predicted octanol–water partition coefficient (Wildman–Crippen LogP) is 2.60. The first kappa shape index (κ1) is 18.9. The Morgan fingerprint density at radius 2 is 1.62 bits per heavy atom. The lowest BCUT2D eigenvalue weighted by Gasteiger charge is -2.04. The Bertz CT molecular complexity index is 1320. The number of hydrogen-bond acceptors (Lipinski definition) is 5. The first-order chi connectivity index (χ1) is 14.0. The molecule has 0 amide bonds. The van der Waals surface area contributed by atoms with E-state index in [4.69, 9.17) is 0 Å². The zero-order valence-electron chi connectivity index (χ0n) is 15.9. The number of aromatic nitrogens is 4. The lowest BCUT2D eigenvalue weighted by atomic mass is 10.0. The third-order valence-corrected chi connectivity index (χ3v) is 5.77. The number of benzene rings is 2. The molecule has 0 radical (unpaired) electrons. The molecule has 2 aromatic carbocycles. The van der Waals surface area contributed by atoms with Crippen molar-refractivity contribution in [2.45, 2.75) is 5.16 Å². The van der Waals surface area contributed by atoms with Crippen LogP contribution in [0.2, 0.25) is 0 Å². The third kappa shape index (κ3) is 3.54. The molecule has 7 nitrogen and oxygen atoms in total. The average Bonchev–Trinajstić information content (AvgIpc) is 3.08. The summed E-state index contributed by atoms with van der Waals surface area (Å²) < 4.78 is 2.88. The molecule has 2 heterocycles. The highest BCUT2D eigenvalue weighted by molar-refractivity contribution is 7.99. The molecule has 0 spiro atoms. The Morgan fingerprint density at radius 3 is 2.31 bits per heavy atom. The molecule has 0 unspecified atom stereocenters. The lowest BCUT2D eigenvalue weighted by Crippen LogP contribution is -2.29. The number of hydrogen-bond donors (Lipinski definition) is 1. The summed E-state index contributed by atoms with van der Waals surface area (Å²) >= 11 is 1.23. The number of thioether (sulfide) groups is 1. The molecule has 0 bridgehead atoms. The Labute approximate surface area is 170 Å². The van der Waals surface area contributed by atoms with E-state index in [1.54, 1.807) is 18.7 Å². The van der Waals surface area contributed by atoms with Crippen LogP contribution in [0.5, 0.6) is 0 Å². The van der Waals surface area contributed by atoms with Gasteiger partial charge in [0.2, 0.25) is 0 Å². The van der Waals surface area contributed by atoms with Crippen LogP contribution in [0.25, 0.3) is 22.3 Å². The van der Waals surface area contributed by atoms with Gasteiger partial charge in [-0.25, -0.2) is 9.78 Å². The van der Waals surface area contributed by atoms with Crippen LogP contribution >= 0.6 is 11.8 Å². The maximum absolute atomic E-state index is 12.6. The minimum Gasteiger partial charge on any atom is -0.316 e. The molecule has 1 N–H and O–H groups in total. The number of carbonyl (C=O) groups excluding carboxylic acids is 1. The van der Waals surface area contributed by atoms with Gasteiger partial charge in [-0.05, 0) is 11.1 Å². The summed E-state index contributed by atoms with van der Waals surface area (Å²) in [4.78, 5) is 43.1. The van der Waals surface area contributed by atoms with Crippen LogP contribution in [0.4, 0.5) is 0 Å². The monoisotopic (exact) mass is 406 g/mol. The second kappa shape index (κ2) is 7.56. The smallest absolute Gasteiger partial charge is 0.316 e. The van der Waals surface area contributed by atoms with Gasteiger partial charge in [-0.1, -0.05) is 66.4 Å². The molecule has 0 saturated carbocycles. The van der Waals surface area contributed by atoms with Crippen molar-refractivity contribution in [1.29, 1.82) is 0 Å². The van der Waals surface area contributed by atoms with Crippen molar-refractivity contribution < 1.29 is 4.79 Å². The highest BCUT2D eigenvalue weighted by Gasteiger charge is 2.16. The Balaban J connectivity index is 1.54. The van der Waals surface area contributed by atoms with E-state index in [0.717, 1.165) is 11.1 Å². The van der Waals surface area contributed by atoms with Crippen LogP contribution in [0.15, 0.2) is 69.3 Å². The van der Waals surface area contributed by atoms with Crippen LogP contribution in [-0.2, 0) is 14.1 Å². The molecule has 4 rings (SSSR count). The fraction of sp³-hybridized carbons (Fsp3) is 0.143. The Kier molecular flexibility index (Phi) is 4.94. The minimum atomic E-state index is -0.522. The molecule has 0 atom stereocenters. The summed E-state index contributed by atoms with van der Waals surface area (Å²) in [5.41, 5.74) is 2.33. The van der Waals surface area contributed by atoms with Crippen LogP contribution in [0.1, 0.15) is 10.4 Å². The highest BCUT2D eigenvalue weighted by atomic mass is 32.2. The van der Waals surface area contributed by atoms with Gasteiger partial charge in [-0.3, -0.25) is 19.1 Å². The van der Waals surface area contributed by atoms with Gasteiger partial charge in [0.1, 0.15) is 0 Å². The zero-order chi connectivity index (χ0) is 20.5. The van der Waals surface area contributed by atoms with Crippen LogP contribution in [0.3, 0.4) is 0 Å². The maximum Gasteiger partial charge on any atom is 0.329 e. The molecule has 0 fully saturated rings. The van der Waals surface area contributed by atoms with Gasteiger partial charge in [0.05, 0.1) is 5.75 Å². The summed E-state index contributed by atoms with van der Waals surface area (Å²) in [6, 6.07) is 17.4. The number of nitrogens with one attached hydrogen (secondary N) is 1. The molecule has 146 valence electrons. The number of aryl methyl sites for hydroxylation is 2. The van der Waals surface area contributed by atoms with E-state index in [1.165, 1.54) is 16.3 Å². The standard InChI is InChI=1S/C21H18N4O3S/c1-24-17-18(25(2)20(28)23-19(17)27)22-21(24)29-12-16(26)15-10-8-14(9-11-15)13-6-4-3-5-7-13/h3-11H,12H2,1-2H3,(H,23,27,28). The number of ketones is 1. The summed E-state index contributed by atoms with van der Waals surface area (Å²) in [6.07, 6.45) is 0. The second-order valence-electron chi connectivity index (χ2n) is 6.60. The molecule has 0 aliphatic carbocycles. The van der Waals surface area contributed by atoms with Gasteiger partial charge in [0.25, 0.3) is 5.56 Å². The van der Waals surface area contributed by atoms with E-state index in [2.05, 4.69) is 9.97 Å². The van der Waals surface area contributed by atoms with Crippen LogP contribution in [-0.4, -0.2) is 30.6 Å².